The van der Waals surface area contributed by atoms with Gasteiger partial charge >= 0.3 is 0 Å². The third-order valence-corrected chi connectivity index (χ3v) is 4.91. The predicted octanol–water partition coefficient (Wildman–Crippen LogP) is 2.64. The number of nitrogens with one attached hydrogen (secondary N) is 3. The van der Waals surface area contributed by atoms with Gasteiger partial charge in [0.1, 0.15) is 5.82 Å². The highest BCUT2D eigenvalue weighted by molar-refractivity contribution is 14.0. The molecule has 1 aliphatic heterocycles. The van der Waals surface area contributed by atoms with E-state index in [2.05, 4.69) is 39.7 Å². The number of carbonyl (C=O) groups excluding carboxylic acids is 1. The summed E-state index contributed by atoms with van der Waals surface area (Å²) < 4.78 is 5.50. The first-order chi connectivity index (χ1) is 14.5. The van der Waals surface area contributed by atoms with E-state index in [1.165, 1.54) is 0 Å². The van der Waals surface area contributed by atoms with Gasteiger partial charge in [-0.25, -0.2) is 4.98 Å². The molecule has 9 heteroatoms. The van der Waals surface area contributed by atoms with Crippen LogP contribution in [-0.4, -0.2) is 73.7 Å². The molecule has 0 radical (unpaired) electrons. The maximum Gasteiger partial charge on any atom is 0.227 e. The zero-order valence-corrected chi connectivity index (χ0v) is 21.6. The van der Waals surface area contributed by atoms with Crippen LogP contribution in [0.3, 0.4) is 0 Å². The van der Waals surface area contributed by atoms with Crippen molar-refractivity contribution in [2.24, 2.45) is 10.9 Å². The number of halogens is 1. The number of carbonyl (C=O) groups is 1. The molecule has 1 amide bonds. The van der Waals surface area contributed by atoms with E-state index in [-0.39, 0.29) is 29.9 Å². The summed E-state index contributed by atoms with van der Waals surface area (Å²) in [5, 5.41) is 9.39. The number of aromatic nitrogens is 1. The number of aliphatic imine (C=N–C) groups is 1. The van der Waals surface area contributed by atoms with Crippen LogP contribution in [0, 0.1) is 12.8 Å². The van der Waals surface area contributed by atoms with Crippen molar-refractivity contribution in [2.45, 2.75) is 46.6 Å². The third-order valence-electron chi connectivity index (χ3n) is 4.91. The minimum atomic E-state index is -0.0672. The van der Waals surface area contributed by atoms with Crippen molar-refractivity contribution in [1.82, 2.24) is 20.5 Å². The molecule has 1 atom stereocenters. The predicted molar refractivity (Wildman–Crippen MR) is 137 cm³/mol. The quantitative estimate of drug-likeness (QED) is 0.238. The Balaban J connectivity index is 0.00000480. The van der Waals surface area contributed by atoms with E-state index in [0.29, 0.717) is 30.7 Å². The standard InChI is InChI=1S/C22H38N6O2.HI/c1-5-23-22(24-10-9-21(29)27-20-8-6-7-18(4)26-20)25-16-19(15-17(2)3)28-11-13-30-14-12-28;/h6-8,17,19H,5,9-16H2,1-4H3,(H2,23,24,25)(H,26,27,29);1H. The third kappa shape index (κ3) is 11.1. The number of guanidine groups is 1. The molecule has 1 aromatic rings. The second-order valence-corrected chi connectivity index (χ2v) is 8.04. The van der Waals surface area contributed by atoms with Gasteiger partial charge in [-0.15, -0.1) is 24.0 Å². The first-order valence-corrected chi connectivity index (χ1v) is 11.1. The highest BCUT2D eigenvalue weighted by Gasteiger charge is 2.21. The number of rotatable bonds is 10. The Labute approximate surface area is 204 Å². The van der Waals surface area contributed by atoms with Crippen LogP contribution in [0.25, 0.3) is 0 Å². The molecule has 0 saturated carbocycles. The summed E-state index contributed by atoms with van der Waals surface area (Å²) in [6, 6.07) is 5.98. The average molecular weight is 546 g/mol. The van der Waals surface area contributed by atoms with E-state index in [9.17, 15) is 4.79 Å². The van der Waals surface area contributed by atoms with Gasteiger partial charge in [0.2, 0.25) is 5.91 Å². The number of amides is 1. The van der Waals surface area contributed by atoms with Crippen molar-refractivity contribution in [3.05, 3.63) is 23.9 Å². The summed E-state index contributed by atoms with van der Waals surface area (Å²) in [5.74, 6) is 1.88. The molecule has 1 unspecified atom stereocenters. The molecule has 0 aromatic carbocycles. The molecule has 1 saturated heterocycles. The summed E-state index contributed by atoms with van der Waals surface area (Å²) in [7, 11) is 0. The van der Waals surface area contributed by atoms with Crippen LogP contribution in [0.15, 0.2) is 23.2 Å². The zero-order valence-electron chi connectivity index (χ0n) is 19.3. The SMILES string of the molecule is CCNC(=NCC(CC(C)C)N1CCOCC1)NCCC(=O)Nc1cccc(C)n1.I. The molecule has 0 bridgehead atoms. The van der Waals surface area contributed by atoms with Crippen molar-refractivity contribution < 1.29 is 9.53 Å². The van der Waals surface area contributed by atoms with Crippen molar-refractivity contribution in [3.8, 4) is 0 Å². The number of anilines is 1. The topological polar surface area (TPSA) is 90.9 Å². The average Bonchev–Trinajstić information content (AvgIpc) is 2.71. The van der Waals surface area contributed by atoms with E-state index in [1.54, 1.807) is 6.07 Å². The van der Waals surface area contributed by atoms with Crippen LogP contribution >= 0.6 is 24.0 Å². The van der Waals surface area contributed by atoms with Crippen molar-refractivity contribution >= 4 is 41.7 Å². The molecule has 1 aromatic heterocycles. The lowest BCUT2D eigenvalue weighted by molar-refractivity contribution is -0.116. The minimum Gasteiger partial charge on any atom is -0.379 e. The smallest absolute Gasteiger partial charge is 0.227 e. The lowest BCUT2D eigenvalue weighted by atomic mass is 10.0. The summed E-state index contributed by atoms with van der Waals surface area (Å²) in [6.07, 6.45) is 1.45. The van der Waals surface area contributed by atoms with Crippen LogP contribution in [-0.2, 0) is 9.53 Å². The van der Waals surface area contributed by atoms with Crippen LogP contribution in [0.1, 0.15) is 39.3 Å². The lowest BCUT2D eigenvalue weighted by Crippen LogP contribution is -2.46. The number of hydrogen-bond donors (Lipinski definition) is 3. The number of pyridine rings is 1. The molecular formula is C22H39IN6O2. The lowest BCUT2D eigenvalue weighted by Gasteiger charge is -2.34. The van der Waals surface area contributed by atoms with Crippen LogP contribution in [0.2, 0.25) is 0 Å². The summed E-state index contributed by atoms with van der Waals surface area (Å²) in [6.45, 7) is 14.0. The van der Waals surface area contributed by atoms with Crippen LogP contribution in [0.4, 0.5) is 5.82 Å². The molecule has 2 heterocycles. The Hall–Kier alpha value is -1.46. The maximum absolute atomic E-state index is 12.2. The summed E-state index contributed by atoms with van der Waals surface area (Å²) in [4.78, 5) is 23.8. The Morgan fingerprint density at radius 1 is 1.26 bits per heavy atom. The van der Waals surface area contributed by atoms with Crippen molar-refractivity contribution in [2.75, 3.05) is 51.3 Å². The fourth-order valence-electron chi connectivity index (χ4n) is 3.48. The first kappa shape index (κ1) is 27.6. The molecule has 1 fully saturated rings. The van der Waals surface area contributed by atoms with Gasteiger partial charge in [-0.3, -0.25) is 14.7 Å². The van der Waals surface area contributed by atoms with Gasteiger partial charge in [-0.1, -0.05) is 19.9 Å². The monoisotopic (exact) mass is 546 g/mol. The molecule has 176 valence electrons. The second kappa shape index (κ2) is 15.4. The molecule has 0 aliphatic carbocycles. The van der Waals surface area contributed by atoms with Crippen molar-refractivity contribution in [3.63, 3.8) is 0 Å². The molecule has 1 aliphatic rings. The van der Waals surface area contributed by atoms with E-state index in [4.69, 9.17) is 9.73 Å². The number of hydrogen-bond acceptors (Lipinski definition) is 5. The summed E-state index contributed by atoms with van der Waals surface area (Å²) >= 11 is 0. The minimum absolute atomic E-state index is 0. The Morgan fingerprint density at radius 3 is 2.65 bits per heavy atom. The molecule has 2 rings (SSSR count). The normalized spacial score (nSPS) is 15.8. The van der Waals surface area contributed by atoms with E-state index in [1.807, 2.05) is 26.0 Å². The molecule has 8 nitrogen and oxygen atoms in total. The zero-order chi connectivity index (χ0) is 21.8. The largest absolute Gasteiger partial charge is 0.379 e. The van der Waals surface area contributed by atoms with Crippen molar-refractivity contribution in [1.29, 1.82) is 0 Å². The fraction of sp³-hybridized carbons (Fsp3) is 0.682. The van der Waals surface area contributed by atoms with E-state index in [0.717, 1.165) is 57.5 Å². The number of nitrogens with zero attached hydrogens (tertiary/aromatic N) is 3. The highest BCUT2D eigenvalue weighted by atomic mass is 127. The number of morpholine rings is 1. The van der Waals surface area contributed by atoms with Gasteiger partial charge in [0, 0.05) is 44.3 Å². The van der Waals surface area contributed by atoms with Gasteiger partial charge < -0.3 is 20.7 Å². The molecular weight excluding hydrogens is 507 g/mol. The number of aryl methyl sites for hydroxylation is 1. The maximum atomic E-state index is 12.2. The fourth-order valence-corrected chi connectivity index (χ4v) is 3.48. The second-order valence-electron chi connectivity index (χ2n) is 8.04. The van der Waals surface area contributed by atoms with Gasteiger partial charge in [-0.05, 0) is 38.3 Å². The Kier molecular flexibility index (Phi) is 13.7. The highest BCUT2D eigenvalue weighted by Crippen LogP contribution is 2.14. The van der Waals surface area contributed by atoms with Gasteiger partial charge in [-0.2, -0.15) is 0 Å². The number of ether oxygens (including phenoxy) is 1. The summed E-state index contributed by atoms with van der Waals surface area (Å²) in [5.41, 5.74) is 0.878. The Morgan fingerprint density at radius 2 is 2.00 bits per heavy atom. The molecule has 0 spiro atoms. The van der Waals surface area contributed by atoms with Crippen LogP contribution < -0.4 is 16.0 Å². The van der Waals surface area contributed by atoms with Gasteiger partial charge in [0.15, 0.2) is 5.96 Å². The van der Waals surface area contributed by atoms with Crippen LogP contribution in [0.5, 0.6) is 0 Å². The molecule has 3 N–H and O–H groups in total. The van der Waals surface area contributed by atoms with Gasteiger partial charge in [0.25, 0.3) is 0 Å². The van der Waals surface area contributed by atoms with Gasteiger partial charge in [0.05, 0.1) is 19.8 Å². The molecule has 31 heavy (non-hydrogen) atoms. The Bertz CT molecular complexity index is 680. The van der Waals surface area contributed by atoms with E-state index >= 15 is 0 Å². The first-order valence-electron chi connectivity index (χ1n) is 11.1. The van der Waals surface area contributed by atoms with E-state index < -0.39 is 0 Å².